The summed E-state index contributed by atoms with van der Waals surface area (Å²) in [5, 5.41) is 10.0. The molecule has 0 radical (unpaired) electrons. The van der Waals surface area contributed by atoms with Gasteiger partial charge in [0.25, 0.3) is 0 Å². The van der Waals surface area contributed by atoms with E-state index in [0.29, 0.717) is 18.2 Å². The maximum atomic E-state index is 13.0. The average Bonchev–Trinajstić information content (AvgIpc) is 3.10. The van der Waals surface area contributed by atoms with E-state index in [0.717, 1.165) is 24.3 Å². The lowest BCUT2D eigenvalue weighted by Gasteiger charge is -2.41. The first kappa shape index (κ1) is 20.4. The summed E-state index contributed by atoms with van der Waals surface area (Å²) in [4.78, 5) is 19.6. The number of H-pyrrole nitrogens is 1. The second kappa shape index (κ2) is 8.81. The van der Waals surface area contributed by atoms with Crippen LogP contribution in [0.1, 0.15) is 33.5 Å². The lowest BCUT2D eigenvalue weighted by molar-refractivity contribution is -0.130. The van der Waals surface area contributed by atoms with Crippen LogP contribution in [-0.2, 0) is 16.1 Å². The molecule has 4 N–H and O–H groups in total. The van der Waals surface area contributed by atoms with Gasteiger partial charge in [-0.25, -0.2) is 4.98 Å². The van der Waals surface area contributed by atoms with Crippen LogP contribution in [0.25, 0.3) is 11.4 Å². The quantitative estimate of drug-likeness (QED) is 0.701. The fourth-order valence-electron chi connectivity index (χ4n) is 3.77. The second-order valence-corrected chi connectivity index (χ2v) is 7.78. The third-order valence-corrected chi connectivity index (χ3v) is 4.88. The third-order valence-electron chi connectivity index (χ3n) is 4.88. The van der Waals surface area contributed by atoms with Gasteiger partial charge in [0.1, 0.15) is 5.82 Å². The van der Waals surface area contributed by atoms with Gasteiger partial charge in [-0.05, 0) is 44.0 Å². The van der Waals surface area contributed by atoms with Crippen molar-refractivity contribution in [2.45, 2.75) is 52.5 Å². The van der Waals surface area contributed by atoms with Gasteiger partial charge < -0.3 is 15.8 Å². The molecule has 8 heteroatoms. The number of anilines is 1. The zero-order valence-corrected chi connectivity index (χ0v) is 17.0. The first-order valence-electron chi connectivity index (χ1n) is 9.79. The molecule has 8 nitrogen and oxygen atoms in total. The smallest absolute Gasteiger partial charge is 0.241 e. The summed E-state index contributed by atoms with van der Waals surface area (Å²) >= 11 is 0. The molecule has 1 aliphatic rings. The largest absolute Gasteiger partial charge is 0.373 e. The van der Waals surface area contributed by atoms with Crippen molar-refractivity contribution in [2.24, 2.45) is 11.7 Å². The van der Waals surface area contributed by atoms with Crippen LogP contribution in [0.15, 0.2) is 24.3 Å². The number of hydrogen-bond donors (Lipinski definition) is 3. The predicted molar refractivity (Wildman–Crippen MR) is 109 cm³/mol. The van der Waals surface area contributed by atoms with Crippen molar-refractivity contribution >= 4 is 11.6 Å². The van der Waals surface area contributed by atoms with Crippen molar-refractivity contribution < 1.29 is 9.53 Å². The summed E-state index contributed by atoms with van der Waals surface area (Å²) < 4.78 is 5.81. The summed E-state index contributed by atoms with van der Waals surface area (Å²) in [6, 6.07) is 7.32. The van der Waals surface area contributed by atoms with E-state index in [9.17, 15) is 4.79 Å². The van der Waals surface area contributed by atoms with E-state index in [4.69, 9.17) is 10.5 Å². The molecule has 1 aliphatic heterocycles. The number of ether oxygens (including phenoxy) is 1. The van der Waals surface area contributed by atoms with E-state index in [-0.39, 0.29) is 30.1 Å². The highest BCUT2D eigenvalue weighted by Gasteiger charge is 2.34. The summed E-state index contributed by atoms with van der Waals surface area (Å²) in [5.74, 6) is 1.43. The Hall–Kier alpha value is -2.29. The number of amides is 1. The lowest BCUT2D eigenvalue weighted by Crippen LogP contribution is -2.55. The van der Waals surface area contributed by atoms with Crippen LogP contribution in [0.5, 0.6) is 0 Å². The van der Waals surface area contributed by atoms with Gasteiger partial charge in [0.15, 0.2) is 5.82 Å². The van der Waals surface area contributed by atoms with E-state index in [2.05, 4.69) is 53.1 Å². The zero-order valence-electron chi connectivity index (χ0n) is 17.0. The molecule has 2 heterocycles. The molecule has 3 unspecified atom stereocenters. The van der Waals surface area contributed by atoms with E-state index >= 15 is 0 Å². The molecule has 152 valence electrons. The Morgan fingerprint density at radius 1 is 1.29 bits per heavy atom. The van der Waals surface area contributed by atoms with Gasteiger partial charge in [-0.2, -0.15) is 5.10 Å². The Balaban J connectivity index is 1.69. The average molecular weight is 387 g/mol. The van der Waals surface area contributed by atoms with E-state index in [1.54, 1.807) is 0 Å². The Labute approximate surface area is 165 Å². The van der Waals surface area contributed by atoms with Crippen molar-refractivity contribution in [1.29, 1.82) is 0 Å². The van der Waals surface area contributed by atoms with Crippen LogP contribution >= 0.6 is 0 Å². The minimum Gasteiger partial charge on any atom is -0.373 e. The number of aromatic nitrogens is 3. The molecular formula is C20H30N6O2. The van der Waals surface area contributed by atoms with Gasteiger partial charge in [-0.15, -0.1) is 0 Å². The van der Waals surface area contributed by atoms with Crippen LogP contribution in [0, 0.1) is 5.92 Å². The molecule has 0 aliphatic carbocycles. The highest BCUT2D eigenvalue weighted by atomic mass is 16.5. The topological polar surface area (TPSA) is 109 Å². The lowest BCUT2D eigenvalue weighted by atomic mass is 9.99. The minimum atomic E-state index is -0.200. The van der Waals surface area contributed by atoms with Crippen molar-refractivity contribution in [3.05, 3.63) is 30.1 Å². The van der Waals surface area contributed by atoms with Crippen LogP contribution in [0.4, 0.5) is 5.69 Å². The van der Waals surface area contributed by atoms with Crippen molar-refractivity contribution in [3.8, 4) is 11.4 Å². The molecule has 0 spiro atoms. The molecule has 28 heavy (non-hydrogen) atoms. The number of aromatic amines is 1. The van der Waals surface area contributed by atoms with Crippen LogP contribution < -0.4 is 11.1 Å². The highest BCUT2D eigenvalue weighted by molar-refractivity contribution is 5.95. The zero-order chi connectivity index (χ0) is 20.3. The van der Waals surface area contributed by atoms with Crippen LogP contribution in [0.3, 0.4) is 0 Å². The molecule has 1 aromatic carbocycles. The molecule has 3 atom stereocenters. The number of carbonyl (C=O) groups is 1. The molecule has 0 bridgehead atoms. The first-order valence-corrected chi connectivity index (χ1v) is 9.79. The number of carbonyl (C=O) groups excluding carboxylic acids is 1. The third kappa shape index (κ3) is 4.76. The second-order valence-electron chi connectivity index (χ2n) is 7.78. The summed E-state index contributed by atoms with van der Waals surface area (Å²) in [6.07, 6.45) is 0.244. The first-order chi connectivity index (χ1) is 13.4. The maximum absolute atomic E-state index is 13.0. The molecule has 1 amide bonds. The van der Waals surface area contributed by atoms with Gasteiger partial charge in [0.05, 0.1) is 24.8 Å². The van der Waals surface area contributed by atoms with Crippen LogP contribution in [0.2, 0.25) is 0 Å². The molecule has 1 fully saturated rings. The molecular weight excluding hydrogens is 356 g/mol. The van der Waals surface area contributed by atoms with E-state index < -0.39 is 0 Å². The Bertz CT molecular complexity index is 778. The normalized spacial score (nSPS) is 21.6. The number of nitrogens with zero attached hydrogens (tertiary/aromatic N) is 3. The number of benzene rings is 1. The van der Waals surface area contributed by atoms with Gasteiger partial charge in [0, 0.05) is 24.3 Å². The fraction of sp³-hybridized carbons (Fsp3) is 0.550. The van der Waals surface area contributed by atoms with E-state index in [1.165, 1.54) is 0 Å². The number of rotatable bonds is 6. The Kier molecular flexibility index (Phi) is 6.43. The Morgan fingerprint density at radius 3 is 2.46 bits per heavy atom. The summed E-state index contributed by atoms with van der Waals surface area (Å²) in [7, 11) is 0. The van der Waals surface area contributed by atoms with Crippen molar-refractivity contribution in [1.82, 2.24) is 20.1 Å². The maximum Gasteiger partial charge on any atom is 0.241 e. The monoisotopic (exact) mass is 386 g/mol. The molecule has 2 aromatic rings. The molecule has 3 rings (SSSR count). The van der Waals surface area contributed by atoms with Gasteiger partial charge in [-0.1, -0.05) is 13.8 Å². The van der Waals surface area contributed by atoms with Gasteiger partial charge >= 0.3 is 0 Å². The SMILES string of the molecule is CC1CN(C(C(=O)Nc2ccc(-c3n[nH]c(CN)n3)cc2)C(C)C)CC(C)O1. The summed E-state index contributed by atoms with van der Waals surface area (Å²) in [5.41, 5.74) is 7.18. The van der Waals surface area contributed by atoms with Crippen molar-refractivity contribution in [3.63, 3.8) is 0 Å². The number of nitrogens with two attached hydrogens (primary N) is 1. The predicted octanol–water partition coefficient (Wildman–Crippen LogP) is 2.00. The molecule has 0 saturated carbocycles. The highest BCUT2D eigenvalue weighted by Crippen LogP contribution is 2.22. The number of nitrogens with one attached hydrogen (secondary N) is 2. The van der Waals surface area contributed by atoms with Gasteiger partial charge in [-0.3, -0.25) is 14.8 Å². The number of morpholine rings is 1. The van der Waals surface area contributed by atoms with E-state index in [1.807, 2.05) is 24.3 Å². The standard InChI is InChI=1S/C20H30N6O2/c1-12(2)18(26-10-13(3)28-14(4)11-26)20(27)22-16-7-5-15(6-8-16)19-23-17(9-21)24-25-19/h5-8,12-14,18H,9-11,21H2,1-4H3,(H,22,27)(H,23,24,25). The van der Waals surface area contributed by atoms with Crippen LogP contribution in [-0.4, -0.2) is 57.3 Å². The Morgan fingerprint density at radius 2 is 1.93 bits per heavy atom. The number of hydrogen-bond acceptors (Lipinski definition) is 6. The molecule has 1 saturated heterocycles. The van der Waals surface area contributed by atoms with Crippen molar-refractivity contribution in [2.75, 3.05) is 18.4 Å². The fourth-order valence-corrected chi connectivity index (χ4v) is 3.77. The molecule has 1 aromatic heterocycles. The minimum absolute atomic E-state index is 0.00682. The van der Waals surface area contributed by atoms with Gasteiger partial charge in [0.2, 0.25) is 5.91 Å². The summed E-state index contributed by atoms with van der Waals surface area (Å²) in [6.45, 7) is 10.1.